The minimum absolute atomic E-state index is 0.0159. The lowest BCUT2D eigenvalue weighted by molar-refractivity contribution is -0.124. The molecule has 0 saturated carbocycles. The Hall–Kier alpha value is -1.38. The van der Waals surface area contributed by atoms with Gasteiger partial charge in [-0.2, -0.15) is 0 Å². The maximum absolute atomic E-state index is 12.3. The molecule has 1 aromatic rings. The van der Waals surface area contributed by atoms with Gasteiger partial charge in [-0.1, -0.05) is 11.8 Å². The van der Waals surface area contributed by atoms with Crippen molar-refractivity contribution in [3.8, 4) is 0 Å². The van der Waals surface area contributed by atoms with Crippen LogP contribution in [0.25, 0.3) is 0 Å². The Morgan fingerprint density at radius 3 is 3.09 bits per heavy atom. The van der Waals surface area contributed by atoms with Crippen LogP contribution in [0, 0.1) is 5.92 Å². The number of thioether (sulfide) groups is 1. The molecule has 0 bridgehead atoms. The molecule has 8 heteroatoms. The van der Waals surface area contributed by atoms with Crippen LogP contribution < -0.4 is 10.9 Å². The topological polar surface area (TPSA) is 76.5 Å². The molecule has 0 spiro atoms. The Bertz CT molecular complexity index is 586. The smallest absolute Gasteiger partial charge is 0.254 e. The third-order valence-corrected chi connectivity index (χ3v) is 5.07. The first-order valence-electron chi connectivity index (χ1n) is 7.50. The Balaban J connectivity index is 1.49. The first kappa shape index (κ1) is 15.5. The molecule has 1 fully saturated rings. The number of hydrogen-bond acceptors (Lipinski definition) is 6. The molecule has 120 valence electrons. The van der Waals surface area contributed by atoms with Gasteiger partial charge >= 0.3 is 0 Å². The summed E-state index contributed by atoms with van der Waals surface area (Å²) in [6, 6.07) is 1.43. The minimum atomic E-state index is -0.177. The maximum Gasteiger partial charge on any atom is 0.254 e. The largest absolute Gasteiger partial charge is 0.379 e. The minimum Gasteiger partial charge on any atom is -0.379 e. The number of carbonyl (C=O) groups is 1. The molecule has 1 atom stereocenters. The van der Waals surface area contributed by atoms with Gasteiger partial charge in [-0.25, -0.2) is 4.98 Å². The average molecular weight is 324 g/mol. The standard InChI is InChI=1S/C14H20N4O3S/c19-12-1-2-16-14-18(12)9-11(10-22-14)13(20)15-3-4-17-5-7-21-8-6-17/h1-2,11H,3-10H2,(H,15,20). The monoisotopic (exact) mass is 324 g/mol. The molecule has 0 radical (unpaired) electrons. The number of nitrogens with zero attached hydrogens (tertiary/aromatic N) is 3. The highest BCUT2D eigenvalue weighted by Crippen LogP contribution is 2.24. The number of rotatable bonds is 4. The molecule has 3 rings (SSSR count). The maximum atomic E-state index is 12.3. The summed E-state index contributed by atoms with van der Waals surface area (Å²) in [4.78, 5) is 30.5. The number of amides is 1. The van der Waals surface area contributed by atoms with Crippen LogP contribution in [0.2, 0.25) is 0 Å². The zero-order valence-corrected chi connectivity index (χ0v) is 13.2. The van der Waals surface area contributed by atoms with Gasteiger partial charge < -0.3 is 10.1 Å². The van der Waals surface area contributed by atoms with Gasteiger partial charge in [0.05, 0.1) is 19.1 Å². The van der Waals surface area contributed by atoms with E-state index >= 15 is 0 Å². The molecule has 22 heavy (non-hydrogen) atoms. The summed E-state index contributed by atoms with van der Waals surface area (Å²) in [5.74, 6) is 0.506. The Morgan fingerprint density at radius 1 is 1.45 bits per heavy atom. The van der Waals surface area contributed by atoms with Crippen molar-refractivity contribution in [2.75, 3.05) is 45.1 Å². The van der Waals surface area contributed by atoms with Gasteiger partial charge in [-0.3, -0.25) is 19.1 Å². The Morgan fingerprint density at radius 2 is 2.27 bits per heavy atom. The van der Waals surface area contributed by atoms with Crippen molar-refractivity contribution < 1.29 is 9.53 Å². The van der Waals surface area contributed by atoms with Gasteiger partial charge in [0.2, 0.25) is 5.91 Å². The van der Waals surface area contributed by atoms with E-state index in [4.69, 9.17) is 4.74 Å². The zero-order valence-electron chi connectivity index (χ0n) is 12.4. The molecule has 1 amide bonds. The highest BCUT2D eigenvalue weighted by molar-refractivity contribution is 7.99. The van der Waals surface area contributed by atoms with E-state index in [9.17, 15) is 9.59 Å². The molecule has 0 aromatic carbocycles. The van der Waals surface area contributed by atoms with E-state index < -0.39 is 0 Å². The fourth-order valence-electron chi connectivity index (χ4n) is 2.62. The Labute approximate surface area is 133 Å². The van der Waals surface area contributed by atoms with E-state index in [1.165, 1.54) is 24.0 Å². The van der Waals surface area contributed by atoms with E-state index in [0.717, 1.165) is 32.8 Å². The van der Waals surface area contributed by atoms with E-state index in [1.807, 2.05) is 0 Å². The quantitative estimate of drug-likeness (QED) is 0.747. The van der Waals surface area contributed by atoms with Gasteiger partial charge in [0.1, 0.15) is 0 Å². The van der Waals surface area contributed by atoms with Crippen molar-refractivity contribution in [3.05, 3.63) is 22.6 Å². The summed E-state index contributed by atoms with van der Waals surface area (Å²) >= 11 is 1.46. The molecule has 3 heterocycles. The number of morpholine rings is 1. The summed E-state index contributed by atoms with van der Waals surface area (Å²) in [7, 11) is 0. The van der Waals surface area contributed by atoms with E-state index in [2.05, 4.69) is 15.2 Å². The van der Waals surface area contributed by atoms with Crippen molar-refractivity contribution in [2.24, 2.45) is 5.92 Å². The first-order valence-corrected chi connectivity index (χ1v) is 8.49. The Kier molecular flexibility index (Phi) is 5.12. The van der Waals surface area contributed by atoms with Crippen LogP contribution in [0.15, 0.2) is 22.2 Å². The molecule has 0 aliphatic carbocycles. The number of carbonyl (C=O) groups excluding carboxylic acids is 1. The molecular formula is C14H20N4O3S. The van der Waals surface area contributed by atoms with Crippen molar-refractivity contribution in [1.29, 1.82) is 0 Å². The van der Waals surface area contributed by atoms with Crippen molar-refractivity contribution in [3.63, 3.8) is 0 Å². The van der Waals surface area contributed by atoms with Crippen molar-refractivity contribution in [1.82, 2.24) is 19.8 Å². The lowest BCUT2D eigenvalue weighted by atomic mass is 10.1. The predicted octanol–water partition coefficient (Wildman–Crippen LogP) is -0.586. The van der Waals surface area contributed by atoms with Crippen LogP contribution in [-0.2, 0) is 16.1 Å². The van der Waals surface area contributed by atoms with E-state index in [1.54, 1.807) is 4.57 Å². The summed E-state index contributed by atoms with van der Waals surface area (Å²) in [6.07, 6.45) is 1.52. The molecule has 1 N–H and O–H groups in total. The zero-order chi connectivity index (χ0) is 15.4. The van der Waals surface area contributed by atoms with Crippen molar-refractivity contribution in [2.45, 2.75) is 11.7 Å². The number of hydrogen-bond donors (Lipinski definition) is 1. The average Bonchev–Trinajstić information content (AvgIpc) is 2.56. The summed E-state index contributed by atoms with van der Waals surface area (Å²) < 4.78 is 6.88. The number of fused-ring (bicyclic) bond motifs is 1. The number of ether oxygens (including phenoxy) is 1. The molecule has 2 aliphatic rings. The second-order valence-corrected chi connectivity index (χ2v) is 6.42. The summed E-state index contributed by atoms with van der Waals surface area (Å²) in [5.41, 5.74) is -0.0942. The van der Waals surface area contributed by atoms with Crippen LogP contribution in [0.1, 0.15) is 0 Å². The lowest BCUT2D eigenvalue weighted by Gasteiger charge is -2.27. The van der Waals surface area contributed by atoms with Crippen LogP contribution in [0.4, 0.5) is 0 Å². The lowest BCUT2D eigenvalue weighted by Crippen LogP contribution is -2.44. The fraction of sp³-hybridized carbons (Fsp3) is 0.643. The highest BCUT2D eigenvalue weighted by Gasteiger charge is 2.26. The third-order valence-electron chi connectivity index (χ3n) is 3.92. The van der Waals surface area contributed by atoms with E-state index in [-0.39, 0.29) is 17.4 Å². The molecule has 2 aliphatic heterocycles. The first-order chi connectivity index (χ1) is 10.7. The molecular weight excluding hydrogens is 304 g/mol. The second kappa shape index (κ2) is 7.26. The summed E-state index contributed by atoms with van der Waals surface area (Å²) in [6.45, 7) is 5.26. The van der Waals surface area contributed by atoms with Gasteiger partial charge in [0.25, 0.3) is 5.56 Å². The fourth-order valence-corrected chi connectivity index (χ4v) is 3.68. The molecule has 1 aromatic heterocycles. The van der Waals surface area contributed by atoms with Gasteiger partial charge in [0, 0.05) is 50.7 Å². The van der Waals surface area contributed by atoms with Gasteiger partial charge in [-0.05, 0) is 0 Å². The van der Waals surface area contributed by atoms with Crippen LogP contribution >= 0.6 is 11.8 Å². The van der Waals surface area contributed by atoms with Crippen LogP contribution in [0.3, 0.4) is 0 Å². The second-order valence-electron chi connectivity index (χ2n) is 5.43. The molecule has 1 saturated heterocycles. The highest BCUT2D eigenvalue weighted by atomic mass is 32.2. The van der Waals surface area contributed by atoms with Crippen LogP contribution in [0.5, 0.6) is 0 Å². The van der Waals surface area contributed by atoms with Gasteiger partial charge in [-0.15, -0.1) is 0 Å². The third kappa shape index (κ3) is 3.68. The van der Waals surface area contributed by atoms with Gasteiger partial charge in [0.15, 0.2) is 5.16 Å². The summed E-state index contributed by atoms with van der Waals surface area (Å²) in [5, 5.41) is 3.68. The SMILES string of the molecule is O=C(NCCN1CCOCC1)C1CSc2nccc(=O)n2C1. The number of nitrogens with one attached hydrogen (secondary N) is 1. The van der Waals surface area contributed by atoms with Crippen molar-refractivity contribution >= 4 is 17.7 Å². The number of aromatic nitrogens is 2. The molecule has 1 unspecified atom stereocenters. The normalized spacial score (nSPS) is 22.1. The predicted molar refractivity (Wildman–Crippen MR) is 83.0 cm³/mol. The molecule has 7 nitrogen and oxygen atoms in total. The van der Waals surface area contributed by atoms with Crippen LogP contribution in [-0.4, -0.2) is 65.5 Å². The van der Waals surface area contributed by atoms with E-state index in [0.29, 0.717) is 24.0 Å².